The molecule has 1 aromatic heterocycles. The molecule has 3 unspecified atom stereocenters. The average Bonchev–Trinajstić information content (AvgIpc) is 3.11. The predicted octanol–water partition coefficient (Wildman–Crippen LogP) is 6.02. The number of nitrogens with one attached hydrogen (secondary N) is 1. The van der Waals surface area contributed by atoms with Gasteiger partial charge in [0.1, 0.15) is 5.82 Å². The van der Waals surface area contributed by atoms with Crippen LogP contribution in [0, 0.1) is 11.3 Å². The van der Waals surface area contributed by atoms with Crippen LogP contribution >= 0.6 is 0 Å². The zero-order valence-corrected chi connectivity index (χ0v) is 16.1. The van der Waals surface area contributed by atoms with Gasteiger partial charge in [0, 0.05) is 23.7 Å². The molecule has 0 saturated heterocycles. The first kappa shape index (κ1) is 17.7. The standard InChI is InChI=1S/C23H30N2/c1-16(2)15-19-9-11-20(12-10-19)18(4)23(5)17(3)7-6-8-21(23)22-24-13-14-25-22/h6-14,16,18,21H,15H2,1-5H3,(H,24,25). The maximum absolute atomic E-state index is 4.56. The minimum atomic E-state index is 0.00612. The summed E-state index contributed by atoms with van der Waals surface area (Å²) in [6.07, 6.45) is 11.6. The normalized spacial score (nSPS) is 24.4. The maximum Gasteiger partial charge on any atom is 0.113 e. The Morgan fingerprint density at radius 2 is 1.88 bits per heavy atom. The van der Waals surface area contributed by atoms with Crippen LogP contribution in [-0.4, -0.2) is 9.97 Å². The summed E-state index contributed by atoms with van der Waals surface area (Å²) in [6, 6.07) is 9.24. The van der Waals surface area contributed by atoms with Gasteiger partial charge in [-0.15, -0.1) is 0 Å². The zero-order chi connectivity index (χ0) is 18.0. The molecule has 0 bridgehead atoms. The van der Waals surface area contributed by atoms with E-state index >= 15 is 0 Å². The Balaban J connectivity index is 1.93. The number of hydrogen-bond donors (Lipinski definition) is 1. The molecule has 132 valence electrons. The molecule has 3 rings (SSSR count). The van der Waals surface area contributed by atoms with Gasteiger partial charge in [0.25, 0.3) is 0 Å². The highest BCUT2D eigenvalue weighted by atomic mass is 14.9. The maximum atomic E-state index is 4.56. The molecule has 0 fully saturated rings. The minimum absolute atomic E-state index is 0.00612. The van der Waals surface area contributed by atoms with Crippen molar-refractivity contribution in [1.82, 2.24) is 9.97 Å². The largest absolute Gasteiger partial charge is 0.348 e. The zero-order valence-electron chi connectivity index (χ0n) is 16.1. The lowest BCUT2D eigenvalue weighted by Gasteiger charge is -2.43. The summed E-state index contributed by atoms with van der Waals surface area (Å²) in [6.45, 7) is 11.5. The number of hydrogen-bond acceptors (Lipinski definition) is 1. The summed E-state index contributed by atoms with van der Waals surface area (Å²) in [5, 5.41) is 0. The Morgan fingerprint density at radius 1 is 1.16 bits per heavy atom. The van der Waals surface area contributed by atoms with Crippen molar-refractivity contribution in [3.05, 3.63) is 77.4 Å². The van der Waals surface area contributed by atoms with E-state index in [1.54, 1.807) is 0 Å². The molecule has 2 heteroatoms. The van der Waals surface area contributed by atoms with E-state index < -0.39 is 0 Å². The van der Waals surface area contributed by atoms with Crippen LogP contribution in [0.3, 0.4) is 0 Å². The number of aromatic amines is 1. The van der Waals surface area contributed by atoms with Gasteiger partial charge in [-0.3, -0.25) is 0 Å². The van der Waals surface area contributed by atoms with Gasteiger partial charge in [-0.1, -0.05) is 75.8 Å². The first-order valence-electron chi connectivity index (χ1n) is 9.36. The van der Waals surface area contributed by atoms with Crippen molar-refractivity contribution in [2.45, 2.75) is 52.9 Å². The van der Waals surface area contributed by atoms with E-state index in [0.29, 0.717) is 11.8 Å². The number of rotatable bonds is 5. The smallest absolute Gasteiger partial charge is 0.113 e. The molecule has 0 amide bonds. The van der Waals surface area contributed by atoms with Gasteiger partial charge in [-0.2, -0.15) is 0 Å². The van der Waals surface area contributed by atoms with Crippen molar-refractivity contribution in [1.29, 1.82) is 0 Å². The SMILES string of the molecule is CC1=CC=CC(c2ncc[nH]2)C1(C)C(C)c1ccc(CC(C)C)cc1. The Morgan fingerprint density at radius 3 is 2.48 bits per heavy atom. The molecule has 1 aliphatic carbocycles. The highest BCUT2D eigenvalue weighted by molar-refractivity contribution is 5.38. The van der Waals surface area contributed by atoms with Gasteiger partial charge in [0.05, 0.1) is 0 Å². The molecule has 25 heavy (non-hydrogen) atoms. The summed E-state index contributed by atoms with van der Waals surface area (Å²) >= 11 is 0. The Labute approximate surface area is 152 Å². The summed E-state index contributed by atoms with van der Waals surface area (Å²) in [7, 11) is 0. The van der Waals surface area contributed by atoms with Crippen molar-refractivity contribution >= 4 is 0 Å². The number of aromatic nitrogens is 2. The van der Waals surface area contributed by atoms with E-state index in [1.807, 2.05) is 12.4 Å². The van der Waals surface area contributed by atoms with Crippen molar-refractivity contribution < 1.29 is 0 Å². The molecule has 2 nitrogen and oxygen atoms in total. The van der Waals surface area contributed by atoms with Crippen LogP contribution in [0.25, 0.3) is 0 Å². The molecule has 1 N–H and O–H groups in total. The van der Waals surface area contributed by atoms with E-state index in [0.717, 1.165) is 12.2 Å². The third-order valence-electron chi connectivity index (χ3n) is 5.98. The van der Waals surface area contributed by atoms with E-state index in [4.69, 9.17) is 0 Å². The lowest BCUT2D eigenvalue weighted by Crippen LogP contribution is -2.34. The van der Waals surface area contributed by atoms with Crippen LogP contribution < -0.4 is 0 Å². The fourth-order valence-corrected chi connectivity index (χ4v) is 4.13. The second-order valence-corrected chi connectivity index (χ2v) is 8.03. The van der Waals surface area contributed by atoms with Gasteiger partial charge in [-0.05, 0) is 36.3 Å². The van der Waals surface area contributed by atoms with Gasteiger partial charge >= 0.3 is 0 Å². The fraction of sp³-hybridized carbons (Fsp3) is 0.435. The number of H-pyrrole nitrogens is 1. The van der Waals surface area contributed by atoms with Crippen molar-refractivity contribution in [3.8, 4) is 0 Å². The predicted molar refractivity (Wildman–Crippen MR) is 106 cm³/mol. The second-order valence-electron chi connectivity index (χ2n) is 8.03. The molecule has 0 saturated carbocycles. The van der Waals surface area contributed by atoms with Gasteiger partial charge in [-0.25, -0.2) is 4.98 Å². The third-order valence-corrected chi connectivity index (χ3v) is 5.98. The molecule has 1 aromatic carbocycles. The summed E-state index contributed by atoms with van der Waals surface area (Å²) < 4.78 is 0. The molecule has 1 aliphatic rings. The lowest BCUT2D eigenvalue weighted by atomic mass is 9.60. The summed E-state index contributed by atoms with van der Waals surface area (Å²) in [5.41, 5.74) is 4.24. The highest BCUT2D eigenvalue weighted by Crippen LogP contribution is 2.53. The number of imidazole rings is 1. The van der Waals surface area contributed by atoms with E-state index in [9.17, 15) is 0 Å². The van der Waals surface area contributed by atoms with Crippen molar-refractivity contribution in [2.75, 3.05) is 0 Å². The second kappa shape index (κ2) is 7.03. The topological polar surface area (TPSA) is 28.7 Å². The first-order valence-corrected chi connectivity index (χ1v) is 9.36. The van der Waals surface area contributed by atoms with Crippen LogP contribution in [0.2, 0.25) is 0 Å². The minimum Gasteiger partial charge on any atom is -0.348 e. The van der Waals surface area contributed by atoms with E-state index in [1.165, 1.54) is 16.7 Å². The number of allylic oxidation sites excluding steroid dienone is 4. The number of benzene rings is 1. The molecule has 2 aromatic rings. The van der Waals surface area contributed by atoms with Gasteiger partial charge < -0.3 is 4.98 Å². The van der Waals surface area contributed by atoms with Crippen molar-refractivity contribution in [2.24, 2.45) is 11.3 Å². The van der Waals surface area contributed by atoms with Crippen molar-refractivity contribution in [3.63, 3.8) is 0 Å². The molecule has 1 heterocycles. The van der Waals surface area contributed by atoms with Crippen LogP contribution in [0.5, 0.6) is 0 Å². The van der Waals surface area contributed by atoms with E-state index in [-0.39, 0.29) is 11.3 Å². The lowest BCUT2D eigenvalue weighted by molar-refractivity contribution is 0.283. The Kier molecular flexibility index (Phi) is 4.99. The van der Waals surface area contributed by atoms with Crippen LogP contribution in [0.1, 0.15) is 63.4 Å². The highest BCUT2D eigenvalue weighted by Gasteiger charge is 2.43. The quantitative estimate of drug-likeness (QED) is 0.712. The van der Waals surface area contributed by atoms with E-state index in [2.05, 4.69) is 87.1 Å². The van der Waals surface area contributed by atoms with Gasteiger partial charge in [0.15, 0.2) is 0 Å². The molecule has 3 atom stereocenters. The van der Waals surface area contributed by atoms with Crippen LogP contribution in [-0.2, 0) is 6.42 Å². The third kappa shape index (κ3) is 3.35. The van der Waals surface area contributed by atoms with Crippen LogP contribution in [0.15, 0.2) is 60.5 Å². The fourth-order valence-electron chi connectivity index (χ4n) is 4.13. The molecule has 0 spiro atoms. The average molecular weight is 335 g/mol. The number of nitrogens with zero attached hydrogens (tertiary/aromatic N) is 1. The monoisotopic (exact) mass is 334 g/mol. The molecular weight excluding hydrogens is 304 g/mol. The first-order chi connectivity index (χ1) is 11.9. The Bertz CT molecular complexity index is 750. The molecule has 0 aliphatic heterocycles. The van der Waals surface area contributed by atoms with Gasteiger partial charge in [0.2, 0.25) is 0 Å². The molecule has 0 radical (unpaired) electrons. The Hall–Kier alpha value is -2.09. The summed E-state index contributed by atoms with van der Waals surface area (Å²) in [5.74, 6) is 2.40. The van der Waals surface area contributed by atoms with Crippen LogP contribution in [0.4, 0.5) is 0 Å². The molecular formula is C23H30N2. The summed E-state index contributed by atoms with van der Waals surface area (Å²) in [4.78, 5) is 7.89.